The van der Waals surface area contributed by atoms with E-state index in [0.717, 1.165) is 47.2 Å². The topological polar surface area (TPSA) is 93.9 Å². The zero-order valence-electron chi connectivity index (χ0n) is 15.2. The Balaban J connectivity index is 1.48. The summed E-state index contributed by atoms with van der Waals surface area (Å²) in [6.45, 7) is 0. The van der Waals surface area contributed by atoms with Crippen molar-refractivity contribution in [3.05, 3.63) is 41.2 Å². The lowest BCUT2D eigenvalue weighted by atomic mass is 9.95. The van der Waals surface area contributed by atoms with Gasteiger partial charge in [-0.25, -0.2) is 13.4 Å². The first-order valence-corrected chi connectivity index (χ1v) is 12.1. The maximum Gasteiger partial charge on any atom is 0.278 e. The van der Waals surface area contributed by atoms with Crippen LogP contribution in [0.5, 0.6) is 0 Å². The average molecular weight is 417 g/mol. The number of thiazole rings is 1. The van der Waals surface area contributed by atoms with Gasteiger partial charge in [0.15, 0.2) is 20.7 Å². The predicted molar refractivity (Wildman–Crippen MR) is 109 cm³/mol. The summed E-state index contributed by atoms with van der Waals surface area (Å²) in [5.74, 6) is 0.0383. The molecule has 1 aliphatic carbocycles. The lowest BCUT2D eigenvalue weighted by Gasteiger charge is -2.17. The van der Waals surface area contributed by atoms with Crippen molar-refractivity contribution in [1.29, 1.82) is 0 Å². The summed E-state index contributed by atoms with van der Waals surface area (Å²) in [5, 5.41) is 8.05. The van der Waals surface area contributed by atoms with Crippen LogP contribution in [0.2, 0.25) is 0 Å². The largest absolute Gasteiger partial charge is 0.296 e. The van der Waals surface area contributed by atoms with Crippen molar-refractivity contribution in [2.24, 2.45) is 0 Å². The molecule has 1 atom stereocenters. The molecule has 1 aromatic carbocycles. The Hall–Kier alpha value is -2.26. The van der Waals surface area contributed by atoms with Crippen LogP contribution in [0.25, 0.3) is 10.2 Å². The van der Waals surface area contributed by atoms with Crippen molar-refractivity contribution in [2.75, 3.05) is 16.8 Å². The summed E-state index contributed by atoms with van der Waals surface area (Å²) in [6.07, 6.45) is 4.26. The molecule has 5 rings (SSSR count). The Morgan fingerprint density at radius 1 is 1.21 bits per heavy atom. The van der Waals surface area contributed by atoms with Crippen molar-refractivity contribution in [3.63, 3.8) is 0 Å². The van der Waals surface area contributed by atoms with Crippen molar-refractivity contribution in [2.45, 2.75) is 38.1 Å². The van der Waals surface area contributed by atoms with Crippen LogP contribution >= 0.6 is 11.3 Å². The van der Waals surface area contributed by atoms with E-state index in [0.29, 0.717) is 17.2 Å². The highest BCUT2D eigenvalue weighted by Gasteiger charge is 2.34. The van der Waals surface area contributed by atoms with E-state index in [2.05, 4.69) is 15.4 Å². The molecule has 0 radical (unpaired) electrons. The number of nitrogens with one attached hydrogen (secondary N) is 1. The fraction of sp³-hybridized carbons (Fsp3) is 0.421. The maximum absolute atomic E-state index is 13.0. The van der Waals surface area contributed by atoms with E-state index in [1.54, 1.807) is 0 Å². The minimum atomic E-state index is -3.01. The molecule has 2 aromatic heterocycles. The zero-order chi connectivity index (χ0) is 19.3. The monoisotopic (exact) mass is 416 g/mol. The van der Waals surface area contributed by atoms with Crippen LogP contribution in [0.1, 0.15) is 47.1 Å². The molecule has 3 heterocycles. The number of aromatic nitrogens is 3. The minimum absolute atomic E-state index is 0.111. The van der Waals surface area contributed by atoms with Gasteiger partial charge in [-0.1, -0.05) is 23.5 Å². The number of rotatable bonds is 3. The van der Waals surface area contributed by atoms with Crippen LogP contribution in [-0.4, -0.2) is 40.6 Å². The van der Waals surface area contributed by atoms with Crippen LogP contribution in [0, 0.1) is 0 Å². The van der Waals surface area contributed by atoms with E-state index in [1.807, 2.05) is 28.9 Å². The molecule has 1 fully saturated rings. The van der Waals surface area contributed by atoms with Gasteiger partial charge in [0.2, 0.25) is 0 Å². The first-order chi connectivity index (χ1) is 13.5. The third kappa shape index (κ3) is 3.12. The van der Waals surface area contributed by atoms with Crippen LogP contribution in [0.3, 0.4) is 0 Å². The number of fused-ring (bicyclic) bond motifs is 2. The molecular formula is C19H20N4O3S2. The van der Waals surface area contributed by atoms with Gasteiger partial charge in [-0.2, -0.15) is 5.10 Å². The van der Waals surface area contributed by atoms with E-state index in [9.17, 15) is 13.2 Å². The molecular weight excluding hydrogens is 396 g/mol. The van der Waals surface area contributed by atoms with Gasteiger partial charge in [0.1, 0.15) is 0 Å². The molecule has 9 heteroatoms. The van der Waals surface area contributed by atoms with Crippen molar-refractivity contribution >= 4 is 42.4 Å². The van der Waals surface area contributed by atoms with Gasteiger partial charge in [0.05, 0.1) is 27.8 Å². The van der Waals surface area contributed by atoms with Gasteiger partial charge in [-0.3, -0.25) is 14.8 Å². The van der Waals surface area contributed by atoms with Crippen LogP contribution in [0.15, 0.2) is 24.3 Å². The van der Waals surface area contributed by atoms with E-state index in [-0.39, 0.29) is 23.5 Å². The second-order valence-corrected chi connectivity index (χ2v) is 10.7. The second-order valence-electron chi connectivity index (χ2n) is 7.42. The number of hydrogen-bond acceptors (Lipinski definition) is 6. The van der Waals surface area contributed by atoms with E-state index < -0.39 is 9.84 Å². The molecule has 3 aromatic rings. The summed E-state index contributed by atoms with van der Waals surface area (Å²) in [6, 6.07) is 7.58. The molecule has 146 valence electrons. The minimum Gasteiger partial charge on any atom is -0.296 e. The summed E-state index contributed by atoms with van der Waals surface area (Å²) in [7, 11) is -3.01. The molecule has 0 spiro atoms. The molecule has 0 bridgehead atoms. The normalized spacial score (nSPS) is 20.9. The van der Waals surface area contributed by atoms with Crippen molar-refractivity contribution in [3.8, 4) is 0 Å². The number of nitrogens with zero attached hydrogens (tertiary/aromatic N) is 3. The Bertz CT molecular complexity index is 1150. The number of carbonyl (C=O) groups excluding carboxylic acids is 1. The second kappa shape index (κ2) is 6.66. The van der Waals surface area contributed by atoms with E-state index in [4.69, 9.17) is 0 Å². The van der Waals surface area contributed by atoms with E-state index >= 15 is 0 Å². The smallest absolute Gasteiger partial charge is 0.278 e. The average Bonchev–Trinajstić information content (AvgIpc) is 3.35. The van der Waals surface area contributed by atoms with Gasteiger partial charge < -0.3 is 0 Å². The van der Waals surface area contributed by atoms with Crippen LogP contribution in [-0.2, 0) is 22.7 Å². The van der Waals surface area contributed by atoms with Gasteiger partial charge in [-0.05, 0) is 44.2 Å². The van der Waals surface area contributed by atoms with Gasteiger partial charge in [0, 0.05) is 11.3 Å². The molecule has 1 saturated heterocycles. The number of hydrogen-bond donors (Lipinski definition) is 1. The quantitative estimate of drug-likeness (QED) is 0.708. The number of para-hydroxylation sites is 1. The molecule has 1 aliphatic heterocycles. The Morgan fingerprint density at radius 3 is 2.82 bits per heavy atom. The summed E-state index contributed by atoms with van der Waals surface area (Å²) in [5.41, 5.74) is 3.27. The molecule has 2 aliphatic rings. The summed E-state index contributed by atoms with van der Waals surface area (Å²) < 4.78 is 26.7. The summed E-state index contributed by atoms with van der Waals surface area (Å²) in [4.78, 5) is 17.4. The molecule has 1 N–H and O–H groups in total. The number of benzene rings is 1. The maximum atomic E-state index is 13.0. The van der Waals surface area contributed by atoms with Gasteiger partial charge in [-0.15, -0.1) is 0 Å². The first kappa shape index (κ1) is 17.8. The predicted octanol–water partition coefficient (Wildman–Crippen LogP) is 2.98. The lowest BCUT2D eigenvalue weighted by molar-refractivity contribution is 0.102. The molecule has 28 heavy (non-hydrogen) atoms. The summed E-state index contributed by atoms with van der Waals surface area (Å²) >= 11 is 1.43. The van der Waals surface area contributed by atoms with Crippen molar-refractivity contribution in [1.82, 2.24) is 14.8 Å². The highest BCUT2D eigenvalue weighted by molar-refractivity contribution is 7.91. The molecule has 0 saturated carbocycles. The zero-order valence-corrected chi connectivity index (χ0v) is 16.9. The highest BCUT2D eigenvalue weighted by atomic mass is 32.2. The number of amides is 1. The number of carbonyl (C=O) groups is 1. The SMILES string of the molecule is O=C(Nc1nc2ccccc2s1)c1nn([C@H]2CCS(=O)(=O)C2)c2c1CCCC2. The Labute approximate surface area is 166 Å². The molecule has 1 amide bonds. The number of sulfone groups is 1. The lowest BCUT2D eigenvalue weighted by Crippen LogP contribution is -2.17. The molecule has 7 nitrogen and oxygen atoms in total. The standard InChI is InChI=1S/C19H20N4O3S2/c24-18(21-19-20-14-6-2-4-8-16(14)27-19)17-13-5-1-3-7-15(13)23(22-17)12-9-10-28(25,26)11-12/h2,4,6,8,12H,1,3,5,7,9-11H2,(H,20,21,24)/t12-/m0/s1. The van der Waals surface area contributed by atoms with Gasteiger partial charge >= 0.3 is 0 Å². The van der Waals surface area contributed by atoms with E-state index in [1.165, 1.54) is 11.3 Å². The third-order valence-electron chi connectivity index (χ3n) is 5.49. The number of anilines is 1. The van der Waals surface area contributed by atoms with Gasteiger partial charge in [0.25, 0.3) is 5.91 Å². The fourth-order valence-electron chi connectivity index (χ4n) is 4.16. The highest BCUT2D eigenvalue weighted by Crippen LogP contribution is 2.32. The first-order valence-electron chi connectivity index (χ1n) is 9.48. The fourth-order valence-corrected chi connectivity index (χ4v) is 6.71. The van der Waals surface area contributed by atoms with Crippen LogP contribution in [0.4, 0.5) is 5.13 Å². The van der Waals surface area contributed by atoms with Crippen LogP contribution < -0.4 is 5.32 Å². The Kier molecular flexibility index (Phi) is 4.24. The molecule has 0 unspecified atom stereocenters. The Morgan fingerprint density at radius 2 is 2.04 bits per heavy atom. The van der Waals surface area contributed by atoms with Crippen molar-refractivity contribution < 1.29 is 13.2 Å². The third-order valence-corrected chi connectivity index (χ3v) is 8.19.